The molecular weight excluding hydrogens is 424 g/mol. The van der Waals surface area contributed by atoms with Crippen molar-refractivity contribution in [1.29, 1.82) is 0 Å². The van der Waals surface area contributed by atoms with Crippen LogP contribution in [0.2, 0.25) is 5.02 Å². The first-order valence-electron chi connectivity index (χ1n) is 9.57. The molecule has 0 spiro atoms. The van der Waals surface area contributed by atoms with E-state index in [1.165, 1.54) is 24.3 Å². The Kier molecular flexibility index (Phi) is 6.13. The Morgan fingerprint density at radius 2 is 1.77 bits per heavy atom. The van der Waals surface area contributed by atoms with E-state index in [0.29, 0.717) is 17.7 Å². The number of hydrogen-bond acceptors (Lipinski definition) is 5. The molecule has 158 valence electrons. The number of benzene rings is 3. The lowest BCUT2D eigenvalue weighted by Crippen LogP contribution is -2.13. The molecular formula is C23H18ClF2N3O2. The number of hydrogen-bond donors (Lipinski definition) is 1. The van der Waals surface area contributed by atoms with Gasteiger partial charge in [-0.25, -0.2) is 8.78 Å². The SMILES string of the molecule is CCOc1ccc(NC(c2nnc(-c3cccc(F)c3)o2)c2ccc(F)cc2Cl)cc1. The van der Waals surface area contributed by atoms with E-state index >= 15 is 0 Å². The molecule has 0 bridgehead atoms. The van der Waals surface area contributed by atoms with Crippen molar-refractivity contribution >= 4 is 17.3 Å². The molecule has 0 aliphatic heterocycles. The Morgan fingerprint density at radius 3 is 2.48 bits per heavy atom. The normalized spacial score (nSPS) is 11.9. The van der Waals surface area contributed by atoms with Gasteiger partial charge in [-0.1, -0.05) is 23.7 Å². The molecule has 1 heterocycles. The second-order valence-electron chi connectivity index (χ2n) is 6.66. The van der Waals surface area contributed by atoms with Crippen molar-refractivity contribution in [1.82, 2.24) is 10.2 Å². The molecule has 5 nitrogen and oxygen atoms in total. The smallest absolute Gasteiger partial charge is 0.247 e. The number of nitrogens with zero attached hydrogens (tertiary/aromatic N) is 2. The summed E-state index contributed by atoms with van der Waals surface area (Å²) in [6, 6.07) is 16.6. The fourth-order valence-corrected chi connectivity index (χ4v) is 3.35. The quantitative estimate of drug-likeness (QED) is 0.366. The molecule has 31 heavy (non-hydrogen) atoms. The molecule has 1 N–H and O–H groups in total. The molecule has 0 amide bonds. The number of anilines is 1. The third kappa shape index (κ3) is 4.83. The van der Waals surface area contributed by atoms with Crippen LogP contribution in [-0.4, -0.2) is 16.8 Å². The molecule has 3 aromatic carbocycles. The Hall–Kier alpha value is -3.45. The van der Waals surface area contributed by atoms with Crippen LogP contribution in [0.15, 0.2) is 71.1 Å². The van der Waals surface area contributed by atoms with Crippen LogP contribution in [-0.2, 0) is 0 Å². The van der Waals surface area contributed by atoms with Crippen molar-refractivity contribution in [2.75, 3.05) is 11.9 Å². The lowest BCUT2D eigenvalue weighted by molar-refractivity contribution is 0.340. The van der Waals surface area contributed by atoms with Gasteiger partial charge >= 0.3 is 0 Å². The van der Waals surface area contributed by atoms with Crippen LogP contribution in [0.3, 0.4) is 0 Å². The predicted octanol–water partition coefficient (Wildman–Crippen LogP) is 6.27. The predicted molar refractivity (Wildman–Crippen MR) is 114 cm³/mol. The van der Waals surface area contributed by atoms with Crippen molar-refractivity contribution in [3.8, 4) is 17.2 Å². The maximum atomic E-state index is 13.6. The molecule has 4 aromatic rings. The average molecular weight is 442 g/mol. The molecule has 0 fully saturated rings. The molecule has 0 saturated carbocycles. The van der Waals surface area contributed by atoms with Gasteiger partial charge in [-0.3, -0.25) is 0 Å². The van der Waals surface area contributed by atoms with E-state index < -0.39 is 17.7 Å². The zero-order valence-corrected chi connectivity index (χ0v) is 17.2. The summed E-state index contributed by atoms with van der Waals surface area (Å²) in [6.07, 6.45) is 0. The van der Waals surface area contributed by atoms with Gasteiger partial charge in [-0.05, 0) is 61.5 Å². The maximum absolute atomic E-state index is 13.6. The molecule has 1 unspecified atom stereocenters. The van der Waals surface area contributed by atoms with E-state index in [1.54, 1.807) is 18.2 Å². The molecule has 0 radical (unpaired) electrons. The monoisotopic (exact) mass is 441 g/mol. The summed E-state index contributed by atoms with van der Waals surface area (Å²) in [5, 5.41) is 11.7. The number of ether oxygens (including phenoxy) is 1. The van der Waals surface area contributed by atoms with Gasteiger partial charge in [0.1, 0.15) is 23.4 Å². The highest BCUT2D eigenvalue weighted by molar-refractivity contribution is 6.31. The van der Waals surface area contributed by atoms with Gasteiger partial charge in [-0.2, -0.15) is 0 Å². The van der Waals surface area contributed by atoms with Gasteiger partial charge in [0.15, 0.2) is 0 Å². The second-order valence-corrected chi connectivity index (χ2v) is 7.06. The van der Waals surface area contributed by atoms with Crippen molar-refractivity contribution in [3.05, 3.63) is 94.8 Å². The summed E-state index contributed by atoms with van der Waals surface area (Å²) in [5.41, 5.74) is 1.73. The van der Waals surface area contributed by atoms with Gasteiger partial charge in [0.25, 0.3) is 0 Å². The first-order chi connectivity index (χ1) is 15.0. The lowest BCUT2D eigenvalue weighted by Gasteiger charge is -2.18. The second kappa shape index (κ2) is 9.14. The first kappa shape index (κ1) is 20.8. The van der Waals surface area contributed by atoms with Crippen LogP contribution < -0.4 is 10.1 Å². The van der Waals surface area contributed by atoms with E-state index in [1.807, 2.05) is 31.2 Å². The zero-order chi connectivity index (χ0) is 21.8. The minimum Gasteiger partial charge on any atom is -0.494 e. The van der Waals surface area contributed by atoms with E-state index in [9.17, 15) is 8.78 Å². The summed E-state index contributed by atoms with van der Waals surface area (Å²) in [7, 11) is 0. The number of aromatic nitrogens is 2. The summed E-state index contributed by atoms with van der Waals surface area (Å²) in [4.78, 5) is 0. The minimum absolute atomic E-state index is 0.159. The Morgan fingerprint density at radius 1 is 1.00 bits per heavy atom. The fraction of sp³-hybridized carbons (Fsp3) is 0.130. The summed E-state index contributed by atoms with van der Waals surface area (Å²) in [6.45, 7) is 2.47. The van der Waals surface area contributed by atoms with Gasteiger partial charge in [0.05, 0.1) is 6.61 Å². The highest BCUT2D eigenvalue weighted by Gasteiger charge is 2.24. The van der Waals surface area contributed by atoms with Gasteiger partial charge in [0, 0.05) is 21.8 Å². The largest absolute Gasteiger partial charge is 0.494 e. The molecule has 8 heteroatoms. The van der Waals surface area contributed by atoms with E-state index in [-0.39, 0.29) is 16.8 Å². The van der Waals surface area contributed by atoms with Crippen LogP contribution >= 0.6 is 11.6 Å². The molecule has 0 aliphatic carbocycles. The maximum Gasteiger partial charge on any atom is 0.247 e. The van der Waals surface area contributed by atoms with Crippen LogP contribution in [0.1, 0.15) is 24.4 Å². The standard InChI is InChI=1S/C23H18ClF2N3O2/c1-2-30-18-9-7-17(8-10-18)27-21(19-11-6-16(26)13-20(19)24)23-29-28-22(31-23)14-4-3-5-15(25)12-14/h3-13,21,27H,2H2,1H3. The molecule has 0 saturated heterocycles. The van der Waals surface area contributed by atoms with E-state index in [4.69, 9.17) is 20.8 Å². The fourth-order valence-electron chi connectivity index (χ4n) is 3.08. The van der Waals surface area contributed by atoms with Crippen LogP contribution in [0.4, 0.5) is 14.5 Å². The lowest BCUT2D eigenvalue weighted by atomic mass is 10.1. The molecule has 0 aliphatic rings. The van der Waals surface area contributed by atoms with Crippen molar-refractivity contribution < 1.29 is 17.9 Å². The number of halogens is 3. The summed E-state index contributed by atoms with van der Waals surface area (Å²) < 4.78 is 38.5. The van der Waals surface area contributed by atoms with Gasteiger partial charge < -0.3 is 14.5 Å². The van der Waals surface area contributed by atoms with Gasteiger partial charge in [0.2, 0.25) is 11.8 Å². The van der Waals surface area contributed by atoms with Crippen LogP contribution in [0, 0.1) is 11.6 Å². The molecule has 1 atom stereocenters. The minimum atomic E-state index is -0.666. The molecule has 1 aromatic heterocycles. The Balaban J connectivity index is 1.70. The number of rotatable bonds is 7. The topological polar surface area (TPSA) is 60.2 Å². The van der Waals surface area contributed by atoms with E-state index in [0.717, 1.165) is 11.4 Å². The highest BCUT2D eigenvalue weighted by atomic mass is 35.5. The highest BCUT2D eigenvalue weighted by Crippen LogP contribution is 2.33. The Labute approximate surface area is 182 Å². The van der Waals surface area contributed by atoms with Crippen molar-refractivity contribution in [3.63, 3.8) is 0 Å². The summed E-state index contributed by atoms with van der Waals surface area (Å²) >= 11 is 6.31. The number of nitrogens with one attached hydrogen (secondary N) is 1. The first-order valence-corrected chi connectivity index (χ1v) is 9.95. The third-order valence-corrected chi connectivity index (χ3v) is 4.84. The van der Waals surface area contributed by atoms with E-state index in [2.05, 4.69) is 15.5 Å². The summed E-state index contributed by atoms with van der Waals surface area (Å²) in [5.74, 6) is 0.214. The van der Waals surface area contributed by atoms with Crippen molar-refractivity contribution in [2.24, 2.45) is 0 Å². The van der Waals surface area contributed by atoms with Crippen molar-refractivity contribution in [2.45, 2.75) is 13.0 Å². The molecule has 4 rings (SSSR count). The zero-order valence-electron chi connectivity index (χ0n) is 16.5. The van der Waals surface area contributed by atoms with Crippen LogP contribution in [0.25, 0.3) is 11.5 Å². The third-order valence-electron chi connectivity index (χ3n) is 4.51. The van der Waals surface area contributed by atoms with Crippen LogP contribution in [0.5, 0.6) is 5.75 Å². The average Bonchev–Trinajstić information content (AvgIpc) is 3.24. The van der Waals surface area contributed by atoms with Gasteiger partial charge in [-0.15, -0.1) is 10.2 Å². The Bertz CT molecular complexity index is 1180.